The molecule has 0 spiro atoms. The van der Waals surface area contributed by atoms with E-state index in [-0.39, 0.29) is 0 Å². The van der Waals surface area contributed by atoms with E-state index in [1.807, 2.05) is 52.0 Å². The fourth-order valence-electron chi connectivity index (χ4n) is 3.54. The van der Waals surface area contributed by atoms with E-state index in [1.54, 1.807) is 0 Å². The van der Waals surface area contributed by atoms with Gasteiger partial charge in [-0.05, 0) is 52.0 Å². The summed E-state index contributed by atoms with van der Waals surface area (Å²) in [6, 6.07) is 8.09. The molecule has 0 fully saturated rings. The minimum Gasteiger partial charge on any atom is -0.342 e. The number of nitrogens with zero attached hydrogens (tertiary/aromatic N) is 4. The smallest absolute Gasteiger partial charge is 0.104 e. The van der Waals surface area contributed by atoms with Crippen molar-refractivity contribution in [3.05, 3.63) is 47.6 Å². The Morgan fingerprint density at radius 3 is 0.929 bits per heavy atom. The van der Waals surface area contributed by atoms with Crippen LogP contribution in [0.25, 0.3) is 44.1 Å². The standard InChI is InChI=1S/2C10H10N4/c2*1-5-11-7-3-9-10(4-8(7)12-5)14-6(2)13-9/h2*3-4H,1-2H3,(H,11,12)(H,13,14). The van der Waals surface area contributed by atoms with E-state index in [9.17, 15) is 0 Å². The molecule has 0 aliphatic carbocycles. The fraction of sp³-hybridized carbons (Fsp3) is 0.200. The molecule has 28 heavy (non-hydrogen) atoms. The maximum Gasteiger partial charge on any atom is 0.104 e. The molecule has 0 atom stereocenters. The molecule has 140 valence electrons. The Labute approximate surface area is 159 Å². The van der Waals surface area contributed by atoms with Gasteiger partial charge in [-0.25, -0.2) is 19.9 Å². The summed E-state index contributed by atoms with van der Waals surface area (Å²) in [5.74, 6) is 3.74. The van der Waals surface area contributed by atoms with Gasteiger partial charge < -0.3 is 19.9 Å². The van der Waals surface area contributed by atoms with E-state index in [2.05, 4.69) is 39.9 Å². The molecule has 0 saturated heterocycles. The molecule has 6 rings (SSSR count). The number of benzene rings is 2. The Kier molecular flexibility index (Phi) is 3.48. The normalized spacial score (nSPS) is 11.6. The lowest BCUT2D eigenvalue weighted by Crippen LogP contribution is -1.71. The van der Waals surface area contributed by atoms with Gasteiger partial charge in [-0.1, -0.05) is 0 Å². The van der Waals surface area contributed by atoms with Gasteiger partial charge in [0.2, 0.25) is 0 Å². The zero-order valence-electron chi connectivity index (χ0n) is 16.1. The highest BCUT2D eigenvalue weighted by Crippen LogP contribution is 2.20. The Morgan fingerprint density at radius 2 is 0.679 bits per heavy atom. The van der Waals surface area contributed by atoms with Crippen LogP contribution < -0.4 is 0 Å². The first-order valence-corrected chi connectivity index (χ1v) is 9.10. The van der Waals surface area contributed by atoms with Crippen LogP contribution in [0.3, 0.4) is 0 Å². The minimum atomic E-state index is 0.935. The van der Waals surface area contributed by atoms with E-state index < -0.39 is 0 Å². The molecule has 0 aliphatic rings. The third kappa shape index (κ3) is 2.79. The van der Waals surface area contributed by atoms with Crippen molar-refractivity contribution in [2.24, 2.45) is 0 Å². The molecule has 0 radical (unpaired) electrons. The lowest BCUT2D eigenvalue weighted by molar-refractivity contribution is 1.16. The van der Waals surface area contributed by atoms with Crippen LogP contribution >= 0.6 is 0 Å². The molecule has 4 N–H and O–H groups in total. The zero-order chi connectivity index (χ0) is 19.4. The molecule has 8 nitrogen and oxygen atoms in total. The molecule has 0 amide bonds. The number of fused-ring (bicyclic) bond motifs is 4. The molecule has 0 unspecified atom stereocenters. The number of aromatic nitrogens is 8. The van der Waals surface area contributed by atoms with Gasteiger partial charge in [0.25, 0.3) is 0 Å². The predicted molar refractivity (Wildman–Crippen MR) is 110 cm³/mol. The zero-order valence-corrected chi connectivity index (χ0v) is 16.1. The molecule has 2 aromatic carbocycles. The molecule has 0 saturated carbocycles. The maximum atomic E-state index is 4.36. The third-order valence-corrected chi connectivity index (χ3v) is 4.64. The van der Waals surface area contributed by atoms with Crippen molar-refractivity contribution in [1.82, 2.24) is 39.9 Å². The number of aryl methyl sites for hydroxylation is 4. The largest absolute Gasteiger partial charge is 0.342 e. The predicted octanol–water partition coefficient (Wildman–Crippen LogP) is 4.11. The molecule has 4 heterocycles. The van der Waals surface area contributed by atoms with E-state index in [4.69, 9.17) is 0 Å². The van der Waals surface area contributed by atoms with Crippen molar-refractivity contribution in [3.63, 3.8) is 0 Å². The molecule has 6 aromatic rings. The van der Waals surface area contributed by atoms with Gasteiger partial charge in [-0.3, -0.25) is 0 Å². The summed E-state index contributed by atoms with van der Waals surface area (Å²) in [6.07, 6.45) is 0. The molecular weight excluding hydrogens is 352 g/mol. The molecule has 0 aliphatic heterocycles. The minimum absolute atomic E-state index is 0.935. The number of nitrogens with one attached hydrogen (secondary N) is 4. The summed E-state index contributed by atoms with van der Waals surface area (Å²) in [7, 11) is 0. The van der Waals surface area contributed by atoms with Crippen molar-refractivity contribution in [2.45, 2.75) is 27.7 Å². The van der Waals surface area contributed by atoms with Crippen LogP contribution in [0.2, 0.25) is 0 Å². The fourth-order valence-corrected chi connectivity index (χ4v) is 3.54. The Bertz CT molecular complexity index is 1140. The van der Waals surface area contributed by atoms with Gasteiger partial charge in [0, 0.05) is 0 Å². The van der Waals surface area contributed by atoms with Crippen LogP contribution in [-0.2, 0) is 0 Å². The van der Waals surface area contributed by atoms with E-state index >= 15 is 0 Å². The number of aromatic amines is 4. The third-order valence-electron chi connectivity index (χ3n) is 4.64. The highest BCUT2D eigenvalue weighted by atomic mass is 14.9. The summed E-state index contributed by atoms with van der Waals surface area (Å²) < 4.78 is 0. The average Bonchev–Trinajstić information content (AvgIpc) is 3.33. The van der Waals surface area contributed by atoms with Crippen molar-refractivity contribution < 1.29 is 0 Å². The van der Waals surface area contributed by atoms with Crippen LogP contribution in [0.4, 0.5) is 0 Å². The molecule has 8 heteroatoms. The highest BCUT2D eigenvalue weighted by molar-refractivity contribution is 5.92. The van der Waals surface area contributed by atoms with Crippen molar-refractivity contribution >= 4 is 44.1 Å². The average molecular weight is 372 g/mol. The van der Waals surface area contributed by atoms with Crippen molar-refractivity contribution in [3.8, 4) is 0 Å². The second kappa shape index (κ2) is 5.91. The highest BCUT2D eigenvalue weighted by Gasteiger charge is 2.05. The van der Waals surface area contributed by atoms with Crippen LogP contribution in [0.5, 0.6) is 0 Å². The van der Waals surface area contributed by atoms with Gasteiger partial charge in [0.1, 0.15) is 23.3 Å². The Morgan fingerprint density at radius 1 is 0.429 bits per heavy atom. The Hall–Kier alpha value is -3.68. The Balaban J connectivity index is 0.000000122. The molecular formula is C20H20N8. The van der Waals surface area contributed by atoms with Crippen LogP contribution in [-0.4, -0.2) is 39.9 Å². The lowest BCUT2D eigenvalue weighted by atomic mass is 10.3. The molecule has 0 bridgehead atoms. The number of H-pyrrole nitrogens is 4. The maximum absolute atomic E-state index is 4.36. The number of hydrogen-bond acceptors (Lipinski definition) is 4. The van der Waals surface area contributed by atoms with Gasteiger partial charge in [0.05, 0.1) is 44.1 Å². The summed E-state index contributed by atoms with van der Waals surface area (Å²) in [6.45, 7) is 7.81. The SMILES string of the molecule is Cc1nc2cc3nc(C)[nH]c3cc2[nH]1.Cc1nc2cc3nc(C)[nH]c3cc2[nH]1. The molecule has 4 aromatic heterocycles. The van der Waals surface area contributed by atoms with E-state index in [1.165, 1.54) is 0 Å². The van der Waals surface area contributed by atoms with Gasteiger partial charge in [-0.2, -0.15) is 0 Å². The second-order valence-corrected chi connectivity index (χ2v) is 7.06. The number of rotatable bonds is 0. The summed E-state index contributed by atoms with van der Waals surface area (Å²) in [4.78, 5) is 30.3. The summed E-state index contributed by atoms with van der Waals surface area (Å²) >= 11 is 0. The monoisotopic (exact) mass is 372 g/mol. The van der Waals surface area contributed by atoms with Crippen LogP contribution in [0.15, 0.2) is 24.3 Å². The number of imidazole rings is 4. The van der Waals surface area contributed by atoms with Crippen molar-refractivity contribution in [2.75, 3.05) is 0 Å². The first kappa shape index (κ1) is 16.5. The quantitative estimate of drug-likeness (QED) is 0.321. The van der Waals surface area contributed by atoms with Gasteiger partial charge >= 0.3 is 0 Å². The first-order valence-electron chi connectivity index (χ1n) is 9.10. The lowest BCUT2D eigenvalue weighted by Gasteiger charge is -1.87. The van der Waals surface area contributed by atoms with Crippen LogP contribution in [0, 0.1) is 27.7 Å². The van der Waals surface area contributed by atoms with Gasteiger partial charge in [0.15, 0.2) is 0 Å². The second-order valence-electron chi connectivity index (χ2n) is 7.06. The summed E-state index contributed by atoms with van der Waals surface area (Å²) in [5, 5.41) is 0. The van der Waals surface area contributed by atoms with Crippen LogP contribution in [0.1, 0.15) is 23.3 Å². The van der Waals surface area contributed by atoms with Crippen molar-refractivity contribution in [1.29, 1.82) is 0 Å². The first-order chi connectivity index (χ1) is 13.4. The topological polar surface area (TPSA) is 115 Å². The van der Waals surface area contributed by atoms with Gasteiger partial charge in [-0.15, -0.1) is 0 Å². The van der Waals surface area contributed by atoms with E-state index in [0.717, 1.165) is 67.4 Å². The van der Waals surface area contributed by atoms with E-state index in [0.29, 0.717) is 0 Å². The summed E-state index contributed by atoms with van der Waals surface area (Å²) in [5.41, 5.74) is 8.11. The number of hydrogen-bond donors (Lipinski definition) is 4.